The highest BCUT2D eigenvalue weighted by Crippen LogP contribution is 2.21. The van der Waals surface area contributed by atoms with Gasteiger partial charge in [0.25, 0.3) is 0 Å². The van der Waals surface area contributed by atoms with Gasteiger partial charge in [-0.2, -0.15) is 8.78 Å². The van der Waals surface area contributed by atoms with Crippen molar-refractivity contribution in [2.45, 2.75) is 127 Å². The molecule has 0 fully saturated rings. The van der Waals surface area contributed by atoms with Crippen LogP contribution in [-0.4, -0.2) is 26.1 Å². The van der Waals surface area contributed by atoms with Crippen LogP contribution < -0.4 is 0 Å². The molecule has 1 atom stereocenters. The van der Waals surface area contributed by atoms with Gasteiger partial charge >= 0.3 is 6.11 Å². The molecule has 27 heavy (non-hydrogen) atoms. The Morgan fingerprint density at radius 2 is 1.11 bits per heavy atom. The van der Waals surface area contributed by atoms with Crippen LogP contribution in [0.5, 0.6) is 0 Å². The number of methoxy groups -OCH3 is 1. The Bertz CT molecular complexity index is 174. The van der Waals surface area contributed by atoms with Crippen LogP contribution in [0.4, 0.5) is 17.6 Å². The summed E-state index contributed by atoms with van der Waals surface area (Å²) in [7, 11) is 0.939. The van der Waals surface area contributed by atoms with E-state index in [9.17, 15) is 17.6 Å². The molecule has 0 aliphatic carbocycles. The van der Waals surface area contributed by atoms with E-state index in [0.29, 0.717) is 6.42 Å². The summed E-state index contributed by atoms with van der Waals surface area (Å²) in [5.74, 6) is 0. The highest BCUT2D eigenvalue weighted by atomic mass is 19.3. The molecule has 0 aromatic carbocycles. The third-order valence-electron chi connectivity index (χ3n) is 1.44. The molecule has 0 aromatic rings. The summed E-state index contributed by atoms with van der Waals surface area (Å²) in [5.41, 5.74) is -0.278. The fourth-order valence-corrected chi connectivity index (χ4v) is 0.572. The molecule has 186 valence electrons. The maximum absolute atomic E-state index is 12.0. The van der Waals surface area contributed by atoms with Crippen molar-refractivity contribution in [1.82, 2.24) is 0 Å². The molecular weight excluding hydrogens is 356 g/mol. The van der Waals surface area contributed by atoms with Crippen LogP contribution in [0.1, 0.15) is 115 Å². The van der Waals surface area contributed by atoms with Gasteiger partial charge in [-0.3, -0.25) is 4.39 Å². The molecule has 0 amide bonds. The van der Waals surface area contributed by atoms with Crippen molar-refractivity contribution in [3.8, 4) is 0 Å². The minimum Gasteiger partial charge on any atom is -0.320 e. The van der Waals surface area contributed by atoms with Gasteiger partial charge in [-0.05, 0) is 27.2 Å². The second kappa shape index (κ2) is 63.8. The van der Waals surface area contributed by atoms with Crippen LogP contribution in [-0.2, 0) is 4.74 Å². The summed E-state index contributed by atoms with van der Waals surface area (Å²) < 4.78 is 49.7. The zero-order valence-electron chi connectivity index (χ0n) is 11.3. The van der Waals surface area contributed by atoms with Gasteiger partial charge in [-0.15, -0.1) is 0 Å². The van der Waals surface area contributed by atoms with Crippen molar-refractivity contribution in [1.29, 1.82) is 0 Å². The predicted octanol–water partition coefficient (Wildman–Crippen LogP) is 11.3. The van der Waals surface area contributed by atoms with Crippen LogP contribution in [0, 0.1) is 0 Å². The summed E-state index contributed by atoms with van der Waals surface area (Å²) in [6, 6.07) is 0. The smallest absolute Gasteiger partial charge is 0.320 e. The summed E-state index contributed by atoms with van der Waals surface area (Å²) in [6.07, 6.45) is -2.09. The van der Waals surface area contributed by atoms with Crippen LogP contribution in [0.3, 0.4) is 0 Å². The molecule has 5 heteroatoms. The van der Waals surface area contributed by atoms with Gasteiger partial charge in [0.2, 0.25) is 0 Å². The second-order valence-electron chi connectivity index (χ2n) is 3.34. The van der Waals surface area contributed by atoms with Crippen molar-refractivity contribution in [3.63, 3.8) is 0 Å². The Labute approximate surface area is 176 Å². The van der Waals surface area contributed by atoms with Crippen LogP contribution in [0.15, 0.2) is 12.2 Å². The standard InChI is InChI=1S/C5H8F2O.C5H11F.C2H5F.10CH4/c1-4(2)5(6,7)8-3;1-3-4-5(2)6;1-2-3;;;;;;;;;;/h1H2,2-3H3;5H,3-4H2,1-2H3;2H2,1H3;10*1H4. The predicted molar refractivity (Wildman–Crippen MR) is 131 cm³/mol. The molecule has 0 aliphatic heterocycles. The molecule has 0 aliphatic rings. The number of alkyl halides is 4. The maximum atomic E-state index is 12.0. The topological polar surface area (TPSA) is 9.23 Å². The third kappa shape index (κ3) is 107. The van der Waals surface area contributed by atoms with E-state index < -0.39 is 12.3 Å². The lowest BCUT2D eigenvalue weighted by molar-refractivity contribution is -0.189. The third-order valence-corrected chi connectivity index (χ3v) is 1.44. The quantitative estimate of drug-likeness (QED) is 0.324. The molecule has 0 bridgehead atoms. The first-order chi connectivity index (χ1) is 7.69. The molecule has 0 spiro atoms. The summed E-state index contributed by atoms with van der Waals surface area (Å²) in [4.78, 5) is 0. The van der Waals surface area contributed by atoms with E-state index in [2.05, 4.69) is 11.3 Å². The van der Waals surface area contributed by atoms with Crippen LogP contribution in [0.25, 0.3) is 0 Å². The monoisotopic (exact) mass is 420 g/mol. The number of ether oxygens (including phenoxy) is 1. The summed E-state index contributed by atoms with van der Waals surface area (Å²) >= 11 is 0. The normalized spacial score (nSPS) is 7.30. The Kier molecular flexibility index (Phi) is 224. The Morgan fingerprint density at radius 3 is 1.11 bits per heavy atom. The highest BCUT2D eigenvalue weighted by molar-refractivity contribution is 4.97. The van der Waals surface area contributed by atoms with Crippen molar-refractivity contribution in [3.05, 3.63) is 12.2 Å². The van der Waals surface area contributed by atoms with Gasteiger partial charge in [-0.25, -0.2) is 4.39 Å². The van der Waals surface area contributed by atoms with E-state index in [1.54, 1.807) is 6.92 Å². The average Bonchev–Trinajstić information content (AvgIpc) is 2.19. The summed E-state index contributed by atoms with van der Waals surface area (Å²) in [5, 5.41) is 0. The lowest BCUT2D eigenvalue weighted by atomic mass is 10.2. The molecule has 1 unspecified atom stereocenters. The van der Waals surface area contributed by atoms with E-state index in [4.69, 9.17) is 0 Å². The first-order valence-corrected chi connectivity index (χ1v) is 5.48. The fourth-order valence-electron chi connectivity index (χ4n) is 0.572. The molecular formula is C22H64F4O. The molecule has 0 rings (SSSR count). The van der Waals surface area contributed by atoms with Gasteiger partial charge < -0.3 is 4.74 Å². The molecule has 0 saturated heterocycles. The molecule has 0 saturated carbocycles. The van der Waals surface area contributed by atoms with Gasteiger partial charge in [0.05, 0.1) is 12.8 Å². The number of hydrogen-bond donors (Lipinski definition) is 0. The van der Waals surface area contributed by atoms with Gasteiger partial charge in [0.15, 0.2) is 0 Å². The van der Waals surface area contributed by atoms with E-state index in [1.807, 2.05) is 6.92 Å². The van der Waals surface area contributed by atoms with Gasteiger partial charge in [-0.1, -0.05) is 94.2 Å². The van der Waals surface area contributed by atoms with Crippen molar-refractivity contribution in [2.24, 2.45) is 0 Å². The van der Waals surface area contributed by atoms with E-state index in [1.165, 1.54) is 13.8 Å². The maximum Gasteiger partial charge on any atom is 0.378 e. The van der Waals surface area contributed by atoms with Crippen LogP contribution in [0.2, 0.25) is 0 Å². The molecule has 0 aromatic heterocycles. The molecule has 0 heterocycles. The fraction of sp³-hybridized carbons (Fsp3) is 0.909. The first-order valence-electron chi connectivity index (χ1n) is 5.48. The molecule has 0 radical (unpaired) electrons. The Hall–Kier alpha value is -0.580. The lowest BCUT2D eigenvalue weighted by Crippen LogP contribution is -2.18. The number of hydrogen-bond acceptors (Lipinski definition) is 1. The number of halogens is 4. The zero-order chi connectivity index (χ0) is 14.5. The number of rotatable bonds is 4. The largest absolute Gasteiger partial charge is 0.378 e. The van der Waals surface area contributed by atoms with E-state index in [-0.39, 0.29) is 86.5 Å². The summed E-state index contributed by atoms with van der Waals surface area (Å²) in [6.45, 7) is 9.01. The molecule has 1 nitrogen and oxygen atoms in total. The van der Waals surface area contributed by atoms with Gasteiger partial charge in [0, 0.05) is 12.7 Å². The van der Waals surface area contributed by atoms with Crippen molar-refractivity contribution in [2.75, 3.05) is 13.8 Å². The Morgan fingerprint density at radius 1 is 0.889 bits per heavy atom. The highest BCUT2D eigenvalue weighted by Gasteiger charge is 2.28. The minimum atomic E-state index is -3.15. The van der Waals surface area contributed by atoms with E-state index >= 15 is 0 Å². The molecule has 0 N–H and O–H groups in total. The van der Waals surface area contributed by atoms with Crippen molar-refractivity contribution >= 4 is 0 Å². The minimum absolute atomic E-state index is 0. The zero-order valence-corrected chi connectivity index (χ0v) is 11.3. The lowest BCUT2D eigenvalue weighted by Gasteiger charge is -2.11. The van der Waals surface area contributed by atoms with Crippen LogP contribution >= 0.6 is 0 Å². The van der Waals surface area contributed by atoms with E-state index in [0.717, 1.165) is 13.5 Å². The van der Waals surface area contributed by atoms with Crippen molar-refractivity contribution < 1.29 is 22.3 Å². The Balaban J connectivity index is -0.00000000878. The average molecular weight is 421 g/mol. The SMILES string of the molecule is C.C.C.C.C.C.C.C.C.C.C=C(C)C(F)(F)OC.CCCC(C)F.CCF. The second-order valence-corrected chi connectivity index (χ2v) is 3.34. The first kappa shape index (κ1) is 94.8. The van der Waals surface area contributed by atoms with Gasteiger partial charge in [0.1, 0.15) is 0 Å².